The standard InChI is InChI=1S/C11H10FNS/c12-9-4-3-8(11(13)7-9)6-10-2-1-5-14-10/h1-5,7H,6,13H2. The van der Waals surface area contributed by atoms with E-state index in [1.807, 2.05) is 17.5 Å². The fourth-order valence-electron chi connectivity index (χ4n) is 1.33. The van der Waals surface area contributed by atoms with Crippen LogP contribution in [-0.2, 0) is 6.42 Å². The maximum Gasteiger partial charge on any atom is 0.125 e. The molecule has 0 saturated heterocycles. The summed E-state index contributed by atoms with van der Waals surface area (Å²) in [7, 11) is 0. The number of nitrogens with two attached hydrogens (primary N) is 1. The first-order valence-electron chi connectivity index (χ1n) is 4.32. The van der Waals surface area contributed by atoms with Crippen LogP contribution in [0.1, 0.15) is 10.4 Å². The van der Waals surface area contributed by atoms with E-state index in [0.29, 0.717) is 5.69 Å². The average Bonchev–Trinajstić information content (AvgIpc) is 2.62. The molecule has 0 fully saturated rings. The molecule has 0 radical (unpaired) electrons. The van der Waals surface area contributed by atoms with Gasteiger partial charge in [-0.2, -0.15) is 0 Å². The first kappa shape index (κ1) is 9.21. The van der Waals surface area contributed by atoms with Crippen LogP contribution in [0.15, 0.2) is 35.7 Å². The van der Waals surface area contributed by atoms with E-state index in [2.05, 4.69) is 0 Å². The zero-order valence-corrected chi connectivity index (χ0v) is 8.35. The Hall–Kier alpha value is -1.35. The van der Waals surface area contributed by atoms with Gasteiger partial charge < -0.3 is 5.73 Å². The fraction of sp³-hybridized carbons (Fsp3) is 0.0909. The van der Waals surface area contributed by atoms with E-state index in [0.717, 1.165) is 12.0 Å². The van der Waals surface area contributed by atoms with Crippen molar-refractivity contribution in [3.8, 4) is 0 Å². The SMILES string of the molecule is Nc1cc(F)ccc1Cc1cccs1. The van der Waals surface area contributed by atoms with Gasteiger partial charge in [-0.25, -0.2) is 4.39 Å². The molecule has 0 amide bonds. The third kappa shape index (κ3) is 1.93. The third-order valence-corrected chi connectivity index (χ3v) is 2.93. The summed E-state index contributed by atoms with van der Waals surface area (Å²) in [5.74, 6) is -0.280. The van der Waals surface area contributed by atoms with Crippen LogP contribution in [0.2, 0.25) is 0 Å². The van der Waals surface area contributed by atoms with Gasteiger partial charge in [0.05, 0.1) is 0 Å². The predicted molar refractivity (Wildman–Crippen MR) is 57.9 cm³/mol. The summed E-state index contributed by atoms with van der Waals surface area (Å²) in [6.07, 6.45) is 0.782. The van der Waals surface area contributed by atoms with Crippen LogP contribution in [0.25, 0.3) is 0 Å². The molecule has 0 unspecified atom stereocenters. The van der Waals surface area contributed by atoms with Crippen LogP contribution in [0, 0.1) is 5.82 Å². The molecule has 0 saturated carbocycles. The Morgan fingerprint density at radius 2 is 2.14 bits per heavy atom. The zero-order chi connectivity index (χ0) is 9.97. The van der Waals surface area contributed by atoms with Crippen molar-refractivity contribution in [1.82, 2.24) is 0 Å². The third-order valence-electron chi connectivity index (χ3n) is 2.05. The van der Waals surface area contributed by atoms with Crippen molar-refractivity contribution in [2.45, 2.75) is 6.42 Å². The summed E-state index contributed by atoms with van der Waals surface area (Å²) in [5, 5.41) is 2.02. The summed E-state index contributed by atoms with van der Waals surface area (Å²) in [6.45, 7) is 0. The molecule has 0 spiro atoms. The molecule has 2 aromatic rings. The maximum atomic E-state index is 12.7. The van der Waals surface area contributed by atoms with Crippen LogP contribution in [0.5, 0.6) is 0 Å². The lowest BCUT2D eigenvalue weighted by molar-refractivity contribution is 0.628. The van der Waals surface area contributed by atoms with Gasteiger partial charge in [0, 0.05) is 17.0 Å². The molecule has 0 aliphatic heterocycles. The molecule has 2 rings (SSSR count). The Morgan fingerprint density at radius 3 is 2.79 bits per heavy atom. The van der Waals surface area contributed by atoms with E-state index in [9.17, 15) is 4.39 Å². The Balaban J connectivity index is 2.25. The van der Waals surface area contributed by atoms with Crippen LogP contribution >= 0.6 is 11.3 Å². The number of hydrogen-bond donors (Lipinski definition) is 1. The highest BCUT2D eigenvalue weighted by Gasteiger charge is 2.02. The highest BCUT2D eigenvalue weighted by molar-refractivity contribution is 7.09. The van der Waals surface area contributed by atoms with Crippen LogP contribution in [0.4, 0.5) is 10.1 Å². The number of thiophene rings is 1. The van der Waals surface area contributed by atoms with Crippen molar-refractivity contribution in [1.29, 1.82) is 0 Å². The van der Waals surface area contributed by atoms with Crippen molar-refractivity contribution in [3.05, 3.63) is 52.0 Å². The minimum atomic E-state index is -0.280. The van der Waals surface area contributed by atoms with Gasteiger partial charge in [-0.3, -0.25) is 0 Å². The van der Waals surface area contributed by atoms with Crippen LogP contribution in [0.3, 0.4) is 0 Å². The Morgan fingerprint density at radius 1 is 1.29 bits per heavy atom. The number of benzene rings is 1. The lowest BCUT2D eigenvalue weighted by atomic mass is 10.1. The lowest BCUT2D eigenvalue weighted by Crippen LogP contribution is -1.95. The van der Waals surface area contributed by atoms with Gasteiger partial charge in [0.25, 0.3) is 0 Å². The molecule has 0 aliphatic carbocycles. The van der Waals surface area contributed by atoms with Gasteiger partial charge in [-0.15, -0.1) is 11.3 Å². The first-order chi connectivity index (χ1) is 6.75. The molecule has 1 nitrogen and oxygen atoms in total. The van der Waals surface area contributed by atoms with Crippen molar-refractivity contribution in [2.24, 2.45) is 0 Å². The normalized spacial score (nSPS) is 10.4. The fourth-order valence-corrected chi connectivity index (χ4v) is 2.06. The molecule has 1 aromatic heterocycles. The van der Waals surface area contributed by atoms with Crippen LogP contribution in [-0.4, -0.2) is 0 Å². The quantitative estimate of drug-likeness (QED) is 0.752. The Kier molecular flexibility index (Phi) is 2.50. The minimum absolute atomic E-state index is 0.280. The second kappa shape index (κ2) is 3.80. The molecule has 14 heavy (non-hydrogen) atoms. The number of halogens is 1. The molecule has 0 aliphatic rings. The van der Waals surface area contributed by atoms with Crippen molar-refractivity contribution < 1.29 is 4.39 Å². The average molecular weight is 207 g/mol. The molecule has 0 atom stereocenters. The van der Waals surface area contributed by atoms with Gasteiger partial charge in [0.15, 0.2) is 0 Å². The monoisotopic (exact) mass is 207 g/mol. The second-order valence-electron chi connectivity index (χ2n) is 3.10. The van der Waals surface area contributed by atoms with E-state index in [1.54, 1.807) is 17.4 Å². The van der Waals surface area contributed by atoms with E-state index >= 15 is 0 Å². The maximum absolute atomic E-state index is 12.7. The van der Waals surface area contributed by atoms with Gasteiger partial charge in [0.2, 0.25) is 0 Å². The largest absolute Gasteiger partial charge is 0.398 e. The van der Waals surface area contributed by atoms with Gasteiger partial charge in [-0.1, -0.05) is 12.1 Å². The topological polar surface area (TPSA) is 26.0 Å². The van der Waals surface area contributed by atoms with Gasteiger partial charge >= 0.3 is 0 Å². The molecule has 2 N–H and O–H groups in total. The molecular formula is C11H10FNS. The van der Waals surface area contributed by atoms with E-state index in [1.165, 1.54) is 17.0 Å². The van der Waals surface area contributed by atoms with E-state index in [4.69, 9.17) is 5.73 Å². The van der Waals surface area contributed by atoms with Crippen molar-refractivity contribution in [2.75, 3.05) is 5.73 Å². The van der Waals surface area contributed by atoms with Gasteiger partial charge in [-0.05, 0) is 29.1 Å². The van der Waals surface area contributed by atoms with E-state index < -0.39 is 0 Å². The summed E-state index contributed by atoms with van der Waals surface area (Å²) >= 11 is 1.68. The second-order valence-corrected chi connectivity index (χ2v) is 4.13. The summed E-state index contributed by atoms with van der Waals surface area (Å²) in [6, 6.07) is 8.60. The lowest BCUT2D eigenvalue weighted by Gasteiger charge is -2.03. The van der Waals surface area contributed by atoms with Crippen LogP contribution < -0.4 is 5.73 Å². The Labute approximate surface area is 86.0 Å². The summed E-state index contributed by atoms with van der Waals surface area (Å²) < 4.78 is 12.7. The molecule has 72 valence electrons. The predicted octanol–water partition coefficient (Wildman–Crippen LogP) is 3.06. The summed E-state index contributed by atoms with van der Waals surface area (Å²) in [4.78, 5) is 1.24. The Bertz CT molecular complexity index is 423. The number of anilines is 1. The molecule has 1 heterocycles. The molecule has 0 bridgehead atoms. The highest BCUT2D eigenvalue weighted by Crippen LogP contribution is 2.20. The molecular weight excluding hydrogens is 197 g/mol. The zero-order valence-electron chi connectivity index (χ0n) is 7.53. The molecule has 1 aromatic carbocycles. The number of nitrogen functional groups attached to an aromatic ring is 1. The number of hydrogen-bond acceptors (Lipinski definition) is 2. The highest BCUT2D eigenvalue weighted by atomic mass is 32.1. The first-order valence-corrected chi connectivity index (χ1v) is 5.20. The van der Waals surface area contributed by atoms with Crippen molar-refractivity contribution >= 4 is 17.0 Å². The minimum Gasteiger partial charge on any atom is -0.398 e. The summed E-state index contributed by atoms with van der Waals surface area (Å²) in [5.41, 5.74) is 7.21. The van der Waals surface area contributed by atoms with Crippen molar-refractivity contribution in [3.63, 3.8) is 0 Å². The smallest absolute Gasteiger partial charge is 0.125 e. The molecule has 3 heteroatoms. The van der Waals surface area contributed by atoms with Gasteiger partial charge in [0.1, 0.15) is 5.82 Å². The number of rotatable bonds is 2. The van der Waals surface area contributed by atoms with E-state index in [-0.39, 0.29) is 5.82 Å².